The van der Waals surface area contributed by atoms with Crippen LogP contribution in [0.3, 0.4) is 0 Å². The van der Waals surface area contributed by atoms with Gasteiger partial charge in [0.2, 0.25) is 0 Å². The highest BCUT2D eigenvalue weighted by Gasteiger charge is 2.36. The van der Waals surface area contributed by atoms with E-state index in [0.29, 0.717) is 38.5 Å². The first-order chi connectivity index (χ1) is 14.8. The minimum absolute atomic E-state index is 0.438. The lowest BCUT2D eigenvalue weighted by molar-refractivity contribution is -0.142. The second-order valence-corrected chi connectivity index (χ2v) is 9.54. The third-order valence-electron chi connectivity index (χ3n) is 5.19. The molecule has 2 aromatic carbocycles. The quantitative estimate of drug-likeness (QED) is 0.486. The van der Waals surface area contributed by atoms with Crippen LogP contribution in [0.5, 0.6) is 5.75 Å². The summed E-state index contributed by atoms with van der Waals surface area (Å²) in [6.07, 6.45) is -0.581. The molecule has 1 unspecified atom stereocenters. The molecule has 166 valence electrons. The van der Waals surface area contributed by atoms with E-state index in [9.17, 15) is 9.59 Å². The van der Waals surface area contributed by atoms with Gasteiger partial charge in [-0.1, -0.05) is 57.2 Å². The Morgan fingerprint density at radius 3 is 2.39 bits per heavy atom. The number of nitrogens with zero attached hydrogens (tertiary/aromatic N) is 1. The van der Waals surface area contributed by atoms with Gasteiger partial charge in [0.1, 0.15) is 12.4 Å². The zero-order valence-corrected chi connectivity index (χ0v) is 19.8. The topological polar surface area (TPSA) is 67.9 Å². The number of nitrogens with one attached hydrogen (secondary N) is 1. The van der Waals surface area contributed by atoms with Crippen LogP contribution < -0.4 is 10.1 Å². The predicted molar refractivity (Wildman–Crippen MR) is 123 cm³/mol. The van der Waals surface area contributed by atoms with Gasteiger partial charge in [0.15, 0.2) is 0 Å². The molecule has 0 spiro atoms. The fourth-order valence-electron chi connectivity index (χ4n) is 3.60. The first kappa shape index (κ1) is 23.3. The van der Waals surface area contributed by atoms with Crippen LogP contribution in [0.15, 0.2) is 53.0 Å². The predicted octanol–water partition coefficient (Wildman–Crippen LogP) is 4.73. The number of esters is 1. The first-order valence-corrected chi connectivity index (χ1v) is 11.2. The van der Waals surface area contributed by atoms with Crippen molar-refractivity contribution in [1.82, 2.24) is 10.2 Å². The lowest BCUT2D eigenvalue weighted by atomic mass is 9.76. The summed E-state index contributed by atoms with van der Waals surface area (Å²) in [6, 6.07) is 15.5. The summed E-state index contributed by atoms with van der Waals surface area (Å²) < 4.78 is 11.9. The average Bonchev–Trinajstić information content (AvgIpc) is 2.73. The summed E-state index contributed by atoms with van der Waals surface area (Å²) in [5.41, 5.74) is 1.40. The maximum Gasteiger partial charge on any atom is 0.417 e. The molecule has 1 heterocycles. The van der Waals surface area contributed by atoms with Crippen molar-refractivity contribution < 1.29 is 19.1 Å². The van der Waals surface area contributed by atoms with Crippen LogP contribution in [0.4, 0.5) is 4.79 Å². The summed E-state index contributed by atoms with van der Waals surface area (Å²) in [7, 11) is 0. The van der Waals surface area contributed by atoms with E-state index in [0.717, 1.165) is 15.6 Å². The van der Waals surface area contributed by atoms with Gasteiger partial charge in [0.05, 0.1) is 10.4 Å². The number of halogens is 1. The van der Waals surface area contributed by atoms with E-state index in [1.165, 1.54) is 0 Å². The Morgan fingerprint density at radius 1 is 1.10 bits per heavy atom. The Hall–Kier alpha value is -2.38. The van der Waals surface area contributed by atoms with Gasteiger partial charge < -0.3 is 19.7 Å². The first-order valence-electron chi connectivity index (χ1n) is 10.4. The molecule has 0 bridgehead atoms. The lowest BCUT2D eigenvalue weighted by Gasteiger charge is -2.31. The van der Waals surface area contributed by atoms with Crippen molar-refractivity contribution >= 4 is 28.0 Å². The Labute approximate surface area is 192 Å². The normalized spacial score (nSPS) is 15.3. The number of rotatable bonds is 5. The second-order valence-electron chi connectivity index (χ2n) is 8.69. The highest BCUT2D eigenvalue weighted by Crippen LogP contribution is 2.39. The third kappa shape index (κ3) is 6.31. The Morgan fingerprint density at radius 2 is 1.77 bits per heavy atom. The molecular weight excluding hydrogens is 460 g/mol. The number of piperazine rings is 1. The molecule has 31 heavy (non-hydrogen) atoms. The van der Waals surface area contributed by atoms with Crippen molar-refractivity contribution in [2.75, 3.05) is 26.2 Å². The number of hydrogen-bond acceptors (Lipinski definition) is 5. The number of carbonyl (C=O) groups excluding carboxylic acids is 2. The molecule has 0 radical (unpaired) electrons. The van der Waals surface area contributed by atoms with E-state index >= 15 is 0 Å². The number of ether oxygens (including phenoxy) is 2. The molecule has 1 N–H and O–H groups in total. The van der Waals surface area contributed by atoms with Gasteiger partial charge in [-0.2, -0.15) is 0 Å². The van der Waals surface area contributed by atoms with E-state index in [4.69, 9.17) is 9.47 Å². The average molecular weight is 489 g/mol. The van der Waals surface area contributed by atoms with Gasteiger partial charge >= 0.3 is 12.1 Å². The molecule has 1 aliphatic heterocycles. The maximum atomic E-state index is 13.0. The Bertz CT molecular complexity index is 906. The third-order valence-corrected chi connectivity index (χ3v) is 5.81. The molecule has 1 fully saturated rings. The zero-order chi connectivity index (χ0) is 22.4. The fraction of sp³-hybridized carbons (Fsp3) is 0.417. The van der Waals surface area contributed by atoms with Gasteiger partial charge in [0, 0.05) is 26.2 Å². The zero-order valence-electron chi connectivity index (χ0n) is 18.2. The highest BCUT2D eigenvalue weighted by molar-refractivity contribution is 9.10. The minimum atomic E-state index is -0.598. The van der Waals surface area contributed by atoms with E-state index in [-0.39, 0.29) is 0 Å². The number of benzene rings is 2. The largest absolute Gasteiger partial charge is 0.488 e. The van der Waals surface area contributed by atoms with Gasteiger partial charge in [0.25, 0.3) is 0 Å². The smallest absolute Gasteiger partial charge is 0.417 e. The maximum absolute atomic E-state index is 13.0. The molecule has 1 aliphatic rings. The minimum Gasteiger partial charge on any atom is -0.488 e. The van der Waals surface area contributed by atoms with Crippen molar-refractivity contribution in [3.8, 4) is 5.75 Å². The van der Waals surface area contributed by atoms with Gasteiger partial charge in [-0.15, -0.1) is 0 Å². The standard InChI is InChI=1S/C24H29BrN2O4/c1-24(2,3)21(22(28)31-23(29)27-13-11-26-12-14-27)18-9-10-20(19(25)15-18)30-16-17-7-5-4-6-8-17/h4-10,15,21,26H,11-14,16H2,1-3H3. The van der Waals surface area contributed by atoms with Crippen LogP contribution in [-0.2, 0) is 16.1 Å². The van der Waals surface area contributed by atoms with Crippen molar-refractivity contribution in [3.05, 3.63) is 64.1 Å². The lowest BCUT2D eigenvalue weighted by Crippen LogP contribution is -2.47. The molecule has 2 aromatic rings. The molecule has 1 atom stereocenters. The van der Waals surface area contributed by atoms with Crippen LogP contribution in [-0.4, -0.2) is 43.1 Å². The van der Waals surface area contributed by atoms with Crippen LogP contribution >= 0.6 is 15.9 Å². The number of amides is 1. The van der Waals surface area contributed by atoms with Crippen LogP contribution in [0, 0.1) is 5.41 Å². The summed E-state index contributed by atoms with van der Waals surface area (Å²) in [5, 5.41) is 3.18. The molecule has 0 aromatic heterocycles. The van der Waals surface area contributed by atoms with Crippen molar-refractivity contribution in [1.29, 1.82) is 0 Å². The van der Waals surface area contributed by atoms with Crippen molar-refractivity contribution in [2.24, 2.45) is 5.41 Å². The number of hydrogen-bond donors (Lipinski definition) is 1. The molecule has 1 saturated heterocycles. The van der Waals surface area contributed by atoms with Crippen molar-refractivity contribution in [3.63, 3.8) is 0 Å². The van der Waals surface area contributed by atoms with Crippen molar-refractivity contribution in [2.45, 2.75) is 33.3 Å². The van der Waals surface area contributed by atoms with Gasteiger partial charge in [-0.3, -0.25) is 4.79 Å². The Kier molecular flexibility index (Phi) is 7.73. The second kappa shape index (κ2) is 10.3. The summed E-state index contributed by atoms with van der Waals surface area (Å²) in [4.78, 5) is 27.0. The summed E-state index contributed by atoms with van der Waals surface area (Å²) in [6.45, 7) is 8.79. The van der Waals surface area contributed by atoms with Crippen LogP contribution in [0.25, 0.3) is 0 Å². The van der Waals surface area contributed by atoms with E-state index in [1.807, 2.05) is 69.3 Å². The van der Waals surface area contributed by atoms with Gasteiger partial charge in [-0.25, -0.2) is 4.79 Å². The van der Waals surface area contributed by atoms with E-state index < -0.39 is 23.4 Å². The highest BCUT2D eigenvalue weighted by atomic mass is 79.9. The molecular formula is C24H29BrN2O4. The monoisotopic (exact) mass is 488 g/mol. The molecule has 7 heteroatoms. The number of carbonyl (C=O) groups is 2. The van der Waals surface area contributed by atoms with Crippen LogP contribution in [0.2, 0.25) is 0 Å². The molecule has 1 amide bonds. The Balaban J connectivity index is 1.73. The van der Waals surface area contributed by atoms with Gasteiger partial charge in [-0.05, 0) is 44.6 Å². The van der Waals surface area contributed by atoms with E-state index in [2.05, 4.69) is 21.2 Å². The SMILES string of the molecule is CC(C)(C)C(C(=O)OC(=O)N1CCNCC1)c1ccc(OCc2ccccc2)c(Br)c1. The molecule has 3 rings (SSSR count). The summed E-state index contributed by atoms with van der Waals surface area (Å²) in [5.74, 6) is -0.453. The fourth-order valence-corrected chi connectivity index (χ4v) is 4.11. The van der Waals surface area contributed by atoms with E-state index in [1.54, 1.807) is 4.90 Å². The van der Waals surface area contributed by atoms with Crippen LogP contribution in [0.1, 0.15) is 37.8 Å². The summed E-state index contributed by atoms with van der Waals surface area (Å²) >= 11 is 3.56. The molecule has 0 saturated carbocycles. The molecule has 6 nitrogen and oxygen atoms in total. The molecule has 0 aliphatic carbocycles.